The molecule has 0 aliphatic rings. The van der Waals surface area contributed by atoms with Crippen molar-refractivity contribution in [2.45, 2.75) is 19.8 Å². The van der Waals surface area contributed by atoms with E-state index in [1.54, 1.807) is 6.07 Å². The number of benzene rings is 2. The standard InChI is InChI=1S/C21H20N2O3/c24-20-12-19(9-10-22-20)21(25)23-13-17-7-4-8-18(11-17)15-26-14-16-5-2-1-3-6-16/h1-12H,13-15H2,(H,22,24)(H,23,25). The number of amides is 1. The van der Waals surface area contributed by atoms with Crippen molar-refractivity contribution in [3.63, 3.8) is 0 Å². The molecule has 0 radical (unpaired) electrons. The summed E-state index contributed by atoms with van der Waals surface area (Å²) in [7, 11) is 0. The van der Waals surface area contributed by atoms with Gasteiger partial charge in [-0.15, -0.1) is 0 Å². The summed E-state index contributed by atoms with van der Waals surface area (Å²) >= 11 is 0. The third-order valence-electron chi connectivity index (χ3n) is 3.86. The minimum atomic E-state index is -0.296. The quantitative estimate of drug-likeness (QED) is 0.689. The number of pyridine rings is 1. The number of aromatic nitrogens is 1. The van der Waals surface area contributed by atoms with E-state index < -0.39 is 0 Å². The molecule has 1 aromatic heterocycles. The Morgan fingerprint density at radius 3 is 2.42 bits per heavy atom. The average Bonchev–Trinajstić information content (AvgIpc) is 2.67. The molecule has 0 aliphatic carbocycles. The number of hydrogen-bond donors (Lipinski definition) is 2. The van der Waals surface area contributed by atoms with Crippen molar-refractivity contribution in [2.75, 3.05) is 0 Å². The highest BCUT2D eigenvalue weighted by atomic mass is 16.5. The van der Waals surface area contributed by atoms with E-state index in [9.17, 15) is 9.59 Å². The second-order valence-corrected chi connectivity index (χ2v) is 5.92. The number of ether oxygens (including phenoxy) is 1. The molecular formula is C21H20N2O3. The van der Waals surface area contributed by atoms with Crippen LogP contribution in [0.4, 0.5) is 0 Å². The van der Waals surface area contributed by atoms with Gasteiger partial charge in [-0.05, 0) is 22.8 Å². The highest BCUT2D eigenvalue weighted by Crippen LogP contribution is 2.09. The zero-order chi connectivity index (χ0) is 18.2. The molecule has 5 heteroatoms. The number of H-pyrrole nitrogens is 1. The van der Waals surface area contributed by atoms with E-state index in [2.05, 4.69) is 10.3 Å². The van der Waals surface area contributed by atoms with Gasteiger partial charge in [0.2, 0.25) is 5.56 Å². The lowest BCUT2D eigenvalue weighted by Gasteiger charge is -2.08. The Morgan fingerprint density at radius 2 is 1.62 bits per heavy atom. The number of carbonyl (C=O) groups is 1. The van der Waals surface area contributed by atoms with Crippen LogP contribution in [0.3, 0.4) is 0 Å². The van der Waals surface area contributed by atoms with Crippen molar-refractivity contribution in [1.29, 1.82) is 0 Å². The summed E-state index contributed by atoms with van der Waals surface area (Å²) in [5.74, 6) is -0.276. The third kappa shape index (κ3) is 5.16. The largest absolute Gasteiger partial charge is 0.372 e. The van der Waals surface area contributed by atoms with Gasteiger partial charge in [0.1, 0.15) is 0 Å². The SMILES string of the molecule is O=C(NCc1cccc(COCc2ccccc2)c1)c1cc[nH]c(=O)c1. The molecular weight excluding hydrogens is 328 g/mol. The Kier molecular flexibility index (Phi) is 5.96. The first-order valence-corrected chi connectivity index (χ1v) is 8.37. The maximum absolute atomic E-state index is 12.1. The van der Waals surface area contributed by atoms with Crippen molar-refractivity contribution < 1.29 is 9.53 Å². The zero-order valence-electron chi connectivity index (χ0n) is 14.3. The summed E-state index contributed by atoms with van der Waals surface area (Å²) in [6, 6.07) is 20.7. The number of rotatable bonds is 7. The van der Waals surface area contributed by atoms with Crippen molar-refractivity contribution >= 4 is 5.91 Å². The van der Waals surface area contributed by atoms with Crippen molar-refractivity contribution in [2.24, 2.45) is 0 Å². The van der Waals surface area contributed by atoms with Gasteiger partial charge in [-0.25, -0.2) is 0 Å². The highest BCUT2D eigenvalue weighted by Gasteiger charge is 2.06. The van der Waals surface area contributed by atoms with Gasteiger partial charge in [0.15, 0.2) is 0 Å². The number of carbonyl (C=O) groups excluding carboxylic acids is 1. The van der Waals surface area contributed by atoms with E-state index in [0.717, 1.165) is 16.7 Å². The fraction of sp³-hybridized carbons (Fsp3) is 0.143. The molecule has 0 atom stereocenters. The van der Waals surface area contributed by atoms with Crippen LogP contribution in [0.25, 0.3) is 0 Å². The molecule has 3 aromatic rings. The van der Waals surface area contributed by atoms with Gasteiger partial charge < -0.3 is 15.0 Å². The molecule has 3 rings (SSSR count). The van der Waals surface area contributed by atoms with Gasteiger partial charge in [-0.3, -0.25) is 9.59 Å². The molecule has 0 aliphatic heterocycles. The molecule has 26 heavy (non-hydrogen) atoms. The summed E-state index contributed by atoms with van der Waals surface area (Å²) in [5, 5.41) is 2.82. The minimum Gasteiger partial charge on any atom is -0.372 e. The zero-order valence-corrected chi connectivity index (χ0v) is 14.3. The minimum absolute atomic E-state index is 0.276. The van der Waals surface area contributed by atoms with E-state index in [-0.39, 0.29) is 11.5 Å². The Hall–Kier alpha value is -3.18. The van der Waals surface area contributed by atoms with Crippen LogP contribution >= 0.6 is 0 Å². The predicted molar refractivity (Wildman–Crippen MR) is 99.6 cm³/mol. The maximum atomic E-state index is 12.1. The van der Waals surface area contributed by atoms with Crippen LogP contribution in [-0.4, -0.2) is 10.9 Å². The molecule has 2 aromatic carbocycles. The summed E-state index contributed by atoms with van der Waals surface area (Å²) < 4.78 is 5.74. The molecule has 0 unspecified atom stereocenters. The Balaban J connectivity index is 1.52. The molecule has 132 valence electrons. The smallest absolute Gasteiger partial charge is 0.251 e. The topological polar surface area (TPSA) is 71.2 Å². The normalized spacial score (nSPS) is 10.5. The van der Waals surface area contributed by atoms with E-state index in [1.807, 2.05) is 54.6 Å². The number of aromatic amines is 1. The van der Waals surface area contributed by atoms with Crippen LogP contribution in [0.15, 0.2) is 77.7 Å². The molecule has 0 bridgehead atoms. The Bertz CT molecular complexity index is 920. The van der Waals surface area contributed by atoms with Gasteiger partial charge in [0.25, 0.3) is 5.91 Å². The highest BCUT2D eigenvalue weighted by molar-refractivity contribution is 5.93. The van der Waals surface area contributed by atoms with Crippen LogP contribution < -0.4 is 10.9 Å². The first-order chi connectivity index (χ1) is 12.7. The monoisotopic (exact) mass is 348 g/mol. The molecule has 0 fully saturated rings. The average molecular weight is 348 g/mol. The summed E-state index contributed by atoms with van der Waals surface area (Å²) in [6.45, 7) is 1.45. The molecule has 2 N–H and O–H groups in total. The van der Waals surface area contributed by atoms with E-state index >= 15 is 0 Å². The lowest BCUT2D eigenvalue weighted by molar-refractivity contribution is 0.0950. The van der Waals surface area contributed by atoms with Gasteiger partial charge in [-0.1, -0.05) is 54.6 Å². The van der Waals surface area contributed by atoms with Crippen LogP contribution in [0, 0.1) is 0 Å². The fourth-order valence-corrected chi connectivity index (χ4v) is 2.56. The van der Waals surface area contributed by atoms with Crippen molar-refractivity contribution in [1.82, 2.24) is 10.3 Å². The molecule has 1 amide bonds. The summed E-state index contributed by atoms with van der Waals surface area (Å²) in [5.41, 5.74) is 3.20. The second kappa shape index (κ2) is 8.78. The summed E-state index contributed by atoms with van der Waals surface area (Å²) in [4.78, 5) is 25.9. The lowest BCUT2D eigenvalue weighted by atomic mass is 10.1. The first-order valence-electron chi connectivity index (χ1n) is 8.37. The molecule has 0 saturated heterocycles. The third-order valence-corrected chi connectivity index (χ3v) is 3.86. The Labute approximate surface area is 151 Å². The van der Waals surface area contributed by atoms with Gasteiger partial charge in [-0.2, -0.15) is 0 Å². The molecule has 1 heterocycles. The van der Waals surface area contributed by atoms with E-state index in [0.29, 0.717) is 25.3 Å². The van der Waals surface area contributed by atoms with Crippen LogP contribution in [0.2, 0.25) is 0 Å². The van der Waals surface area contributed by atoms with Crippen LogP contribution in [-0.2, 0) is 24.5 Å². The van der Waals surface area contributed by atoms with E-state index in [1.165, 1.54) is 12.3 Å². The first kappa shape index (κ1) is 17.6. The van der Waals surface area contributed by atoms with Gasteiger partial charge in [0.05, 0.1) is 13.2 Å². The van der Waals surface area contributed by atoms with Crippen molar-refractivity contribution in [3.8, 4) is 0 Å². The number of hydrogen-bond acceptors (Lipinski definition) is 3. The lowest BCUT2D eigenvalue weighted by Crippen LogP contribution is -2.24. The van der Waals surface area contributed by atoms with Crippen LogP contribution in [0.5, 0.6) is 0 Å². The molecule has 0 saturated carbocycles. The van der Waals surface area contributed by atoms with Crippen molar-refractivity contribution in [3.05, 3.63) is 106 Å². The summed E-state index contributed by atoms with van der Waals surface area (Å²) in [6.07, 6.45) is 1.46. The maximum Gasteiger partial charge on any atom is 0.251 e. The number of nitrogens with one attached hydrogen (secondary N) is 2. The van der Waals surface area contributed by atoms with Gasteiger partial charge in [0, 0.05) is 24.4 Å². The molecule has 0 spiro atoms. The second-order valence-electron chi connectivity index (χ2n) is 5.92. The molecule has 5 nitrogen and oxygen atoms in total. The van der Waals surface area contributed by atoms with E-state index in [4.69, 9.17) is 4.74 Å². The van der Waals surface area contributed by atoms with Gasteiger partial charge >= 0.3 is 0 Å². The Morgan fingerprint density at radius 1 is 0.885 bits per heavy atom. The fourth-order valence-electron chi connectivity index (χ4n) is 2.56. The van der Waals surface area contributed by atoms with Crippen LogP contribution in [0.1, 0.15) is 27.0 Å². The predicted octanol–water partition coefficient (Wildman–Crippen LogP) is 3.02.